The monoisotopic (exact) mass is 574 g/mol. The van der Waals surface area contributed by atoms with Crippen molar-refractivity contribution in [1.29, 1.82) is 0 Å². The van der Waals surface area contributed by atoms with E-state index in [9.17, 15) is 51.1 Å². The van der Waals surface area contributed by atoms with Crippen LogP contribution in [0.3, 0.4) is 0 Å². The van der Waals surface area contributed by atoms with Gasteiger partial charge in [-0.1, -0.05) is 13.8 Å². The number of aliphatic hydroxyl groups is 10. The Balaban J connectivity index is 1.77. The lowest BCUT2D eigenvalue weighted by Crippen LogP contribution is -2.67. The van der Waals surface area contributed by atoms with Gasteiger partial charge in [0.05, 0.1) is 26.4 Å². The average molecular weight is 575 g/mol. The van der Waals surface area contributed by atoms with E-state index in [-0.39, 0.29) is 12.5 Å². The first-order chi connectivity index (χ1) is 18.4. The summed E-state index contributed by atoms with van der Waals surface area (Å²) >= 11 is 0. The molecule has 3 rings (SSSR count). The zero-order chi connectivity index (χ0) is 29.0. The lowest BCUT2D eigenvalue weighted by atomic mass is 9.96. The molecule has 0 aromatic rings. The Kier molecular flexibility index (Phi) is 12.2. The molecule has 10 N–H and O–H groups in total. The lowest BCUT2D eigenvalue weighted by Gasteiger charge is -2.48. The standard InChI is InChI=1S/C23H42O16/c1-8(2)3-4-34-21-17(32)19(13(28)10(6-25)35-21)39-23-18(33)20(14(29)11(7-26)37-23)38-22-16(31)15(30)12(27)9(5-24)36-22/h8-33H,3-7H2,1-2H3. The van der Waals surface area contributed by atoms with E-state index in [1.807, 2.05) is 13.8 Å². The molecular weight excluding hydrogens is 532 g/mol. The van der Waals surface area contributed by atoms with Crippen molar-refractivity contribution in [2.45, 2.75) is 112 Å². The van der Waals surface area contributed by atoms with Gasteiger partial charge in [0.15, 0.2) is 18.9 Å². The fourth-order valence-electron chi connectivity index (χ4n) is 4.59. The first-order valence-corrected chi connectivity index (χ1v) is 12.9. The van der Waals surface area contributed by atoms with Crippen molar-refractivity contribution in [3.63, 3.8) is 0 Å². The van der Waals surface area contributed by atoms with E-state index in [0.717, 1.165) is 0 Å². The summed E-state index contributed by atoms with van der Waals surface area (Å²) in [6.45, 7) is 1.92. The lowest BCUT2D eigenvalue weighted by molar-refractivity contribution is -0.381. The second-order valence-electron chi connectivity index (χ2n) is 10.4. The molecule has 3 aliphatic heterocycles. The first-order valence-electron chi connectivity index (χ1n) is 12.9. The molecule has 230 valence electrons. The van der Waals surface area contributed by atoms with Crippen molar-refractivity contribution in [2.75, 3.05) is 26.4 Å². The van der Waals surface area contributed by atoms with Crippen molar-refractivity contribution in [1.82, 2.24) is 0 Å². The van der Waals surface area contributed by atoms with E-state index in [4.69, 9.17) is 28.4 Å². The van der Waals surface area contributed by atoms with Gasteiger partial charge in [0.25, 0.3) is 0 Å². The molecule has 0 aliphatic carbocycles. The van der Waals surface area contributed by atoms with Gasteiger partial charge in [0.1, 0.15) is 73.2 Å². The van der Waals surface area contributed by atoms with Crippen LogP contribution >= 0.6 is 0 Å². The molecule has 0 spiro atoms. The van der Waals surface area contributed by atoms with Gasteiger partial charge in [-0.3, -0.25) is 0 Å². The van der Waals surface area contributed by atoms with Crippen molar-refractivity contribution in [2.24, 2.45) is 5.92 Å². The Morgan fingerprint density at radius 1 is 0.538 bits per heavy atom. The molecule has 0 radical (unpaired) electrons. The molecule has 0 aromatic heterocycles. The highest BCUT2D eigenvalue weighted by molar-refractivity contribution is 4.96. The molecule has 3 fully saturated rings. The van der Waals surface area contributed by atoms with Crippen LogP contribution in [-0.4, -0.2) is 170 Å². The highest BCUT2D eigenvalue weighted by Crippen LogP contribution is 2.32. The van der Waals surface area contributed by atoms with Gasteiger partial charge >= 0.3 is 0 Å². The summed E-state index contributed by atoms with van der Waals surface area (Å²) < 4.78 is 33.0. The molecule has 0 bridgehead atoms. The van der Waals surface area contributed by atoms with Gasteiger partial charge in [0.2, 0.25) is 0 Å². The van der Waals surface area contributed by atoms with E-state index in [1.165, 1.54) is 0 Å². The van der Waals surface area contributed by atoms with Gasteiger partial charge < -0.3 is 79.5 Å². The molecule has 0 amide bonds. The number of aliphatic hydroxyl groups excluding tert-OH is 10. The third-order valence-electron chi connectivity index (χ3n) is 7.05. The maximum Gasteiger partial charge on any atom is 0.187 e. The third kappa shape index (κ3) is 7.42. The summed E-state index contributed by atoms with van der Waals surface area (Å²) in [7, 11) is 0. The van der Waals surface area contributed by atoms with Crippen LogP contribution in [0.15, 0.2) is 0 Å². The topological polar surface area (TPSA) is 258 Å². The minimum absolute atomic E-state index is 0.191. The Hall–Kier alpha value is -0.640. The largest absolute Gasteiger partial charge is 0.394 e. The number of hydrogen-bond donors (Lipinski definition) is 10. The predicted octanol–water partition coefficient (Wildman–Crippen LogP) is -5.50. The molecule has 0 aromatic carbocycles. The normalized spacial score (nSPS) is 47.5. The summed E-state index contributed by atoms with van der Waals surface area (Å²) in [5, 5.41) is 102. The van der Waals surface area contributed by atoms with Crippen LogP contribution in [0.1, 0.15) is 20.3 Å². The predicted molar refractivity (Wildman–Crippen MR) is 124 cm³/mol. The molecule has 39 heavy (non-hydrogen) atoms. The Morgan fingerprint density at radius 3 is 1.41 bits per heavy atom. The van der Waals surface area contributed by atoms with Gasteiger partial charge in [0, 0.05) is 0 Å². The van der Waals surface area contributed by atoms with E-state index in [2.05, 4.69) is 0 Å². The fourth-order valence-corrected chi connectivity index (χ4v) is 4.59. The maximum absolute atomic E-state index is 11.0. The summed E-state index contributed by atoms with van der Waals surface area (Å²) in [5.41, 5.74) is 0. The van der Waals surface area contributed by atoms with Gasteiger partial charge in [-0.25, -0.2) is 0 Å². The summed E-state index contributed by atoms with van der Waals surface area (Å²) in [4.78, 5) is 0. The Bertz CT molecular complexity index is 728. The quantitative estimate of drug-likeness (QED) is 0.110. The van der Waals surface area contributed by atoms with Gasteiger partial charge in [-0.05, 0) is 12.3 Å². The summed E-state index contributed by atoms with van der Waals surface area (Å²) in [5.74, 6) is 0.283. The van der Waals surface area contributed by atoms with E-state index >= 15 is 0 Å². The van der Waals surface area contributed by atoms with E-state index < -0.39 is 112 Å². The van der Waals surface area contributed by atoms with Crippen LogP contribution < -0.4 is 0 Å². The van der Waals surface area contributed by atoms with Crippen molar-refractivity contribution < 1.29 is 79.5 Å². The Morgan fingerprint density at radius 2 is 0.949 bits per heavy atom. The minimum Gasteiger partial charge on any atom is -0.394 e. The maximum atomic E-state index is 11.0. The molecule has 15 unspecified atom stereocenters. The minimum atomic E-state index is -1.88. The second kappa shape index (κ2) is 14.5. The van der Waals surface area contributed by atoms with Crippen LogP contribution in [0.5, 0.6) is 0 Å². The molecule has 3 saturated heterocycles. The molecule has 15 atom stereocenters. The van der Waals surface area contributed by atoms with Crippen LogP contribution in [0.25, 0.3) is 0 Å². The smallest absolute Gasteiger partial charge is 0.187 e. The SMILES string of the molecule is CC(C)CCOC1OC(CO)C(O)C(OC2OC(CO)C(O)C(OC3OC(CO)C(O)C(O)C3O)C2O)C1O. The summed E-state index contributed by atoms with van der Waals surface area (Å²) in [6, 6.07) is 0. The number of rotatable bonds is 11. The highest BCUT2D eigenvalue weighted by atomic mass is 16.8. The first kappa shape index (κ1) is 32.9. The van der Waals surface area contributed by atoms with Gasteiger partial charge in [-0.2, -0.15) is 0 Å². The summed E-state index contributed by atoms with van der Waals surface area (Å²) in [6.07, 6.45) is -23.6. The van der Waals surface area contributed by atoms with Crippen LogP contribution in [0.4, 0.5) is 0 Å². The second-order valence-corrected chi connectivity index (χ2v) is 10.4. The van der Waals surface area contributed by atoms with Crippen molar-refractivity contribution >= 4 is 0 Å². The molecule has 0 saturated carbocycles. The van der Waals surface area contributed by atoms with Crippen LogP contribution in [0, 0.1) is 5.92 Å². The van der Waals surface area contributed by atoms with E-state index in [1.54, 1.807) is 0 Å². The van der Waals surface area contributed by atoms with E-state index in [0.29, 0.717) is 6.42 Å². The zero-order valence-corrected chi connectivity index (χ0v) is 21.7. The molecule has 16 nitrogen and oxygen atoms in total. The third-order valence-corrected chi connectivity index (χ3v) is 7.05. The number of hydrogen-bond acceptors (Lipinski definition) is 16. The fraction of sp³-hybridized carbons (Fsp3) is 1.00. The zero-order valence-electron chi connectivity index (χ0n) is 21.7. The van der Waals surface area contributed by atoms with Crippen molar-refractivity contribution in [3.05, 3.63) is 0 Å². The van der Waals surface area contributed by atoms with Crippen LogP contribution in [-0.2, 0) is 28.4 Å². The molecule has 3 heterocycles. The van der Waals surface area contributed by atoms with Crippen LogP contribution in [0.2, 0.25) is 0 Å². The highest BCUT2D eigenvalue weighted by Gasteiger charge is 2.53. The molecule has 16 heteroatoms. The molecule has 3 aliphatic rings. The average Bonchev–Trinajstić information content (AvgIpc) is 2.91. The Labute approximate surface area is 224 Å². The molecular formula is C23H42O16. The number of ether oxygens (including phenoxy) is 6. The van der Waals surface area contributed by atoms with Crippen molar-refractivity contribution in [3.8, 4) is 0 Å². The van der Waals surface area contributed by atoms with Gasteiger partial charge in [-0.15, -0.1) is 0 Å².